The fourth-order valence-electron chi connectivity index (χ4n) is 3.05. The minimum absolute atomic E-state index is 0.0177. The molecule has 2 aliphatic rings. The third-order valence-electron chi connectivity index (χ3n) is 3.97. The van der Waals surface area contributed by atoms with Crippen molar-refractivity contribution < 1.29 is 9.47 Å². The quantitative estimate of drug-likeness (QED) is 0.882. The second-order valence-corrected chi connectivity index (χ2v) is 5.25. The van der Waals surface area contributed by atoms with Gasteiger partial charge in [-0.2, -0.15) is 0 Å². The lowest BCUT2D eigenvalue weighted by atomic mass is 9.78. The molecule has 92 valence electrons. The van der Waals surface area contributed by atoms with Gasteiger partial charge >= 0.3 is 0 Å². The van der Waals surface area contributed by atoms with E-state index in [0.717, 1.165) is 34.9 Å². The summed E-state index contributed by atoms with van der Waals surface area (Å²) in [4.78, 5) is 0. The molecule has 1 fully saturated rings. The van der Waals surface area contributed by atoms with Crippen LogP contribution in [-0.2, 0) is 5.41 Å². The molecular formula is C13H16ClNO2. The van der Waals surface area contributed by atoms with Crippen LogP contribution in [0.2, 0.25) is 5.02 Å². The Balaban J connectivity index is 2.16. The van der Waals surface area contributed by atoms with Crippen LogP contribution in [0.3, 0.4) is 0 Å². The van der Waals surface area contributed by atoms with Crippen molar-refractivity contribution in [2.24, 2.45) is 5.73 Å². The summed E-state index contributed by atoms with van der Waals surface area (Å²) in [6.07, 6.45) is 4.59. The highest BCUT2D eigenvalue weighted by Gasteiger charge is 2.40. The molecular weight excluding hydrogens is 238 g/mol. The Morgan fingerprint density at radius 3 is 2.71 bits per heavy atom. The lowest BCUT2D eigenvalue weighted by Gasteiger charge is -2.29. The van der Waals surface area contributed by atoms with E-state index in [4.69, 9.17) is 26.8 Å². The minimum atomic E-state index is -0.0177. The zero-order valence-electron chi connectivity index (χ0n) is 9.67. The zero-order chi connectivity index (χ0) is 11.9. The smallest absolute Gasteiger partial charge is 0.231 e. The van der Waals surface area contributed by atoms with Gasteiger partial charge in [0.25, 0.3) is 0 Å². The van der Waals surface area contributed by atoms with E-state index in [1.165, 1.54) is 12.8 Å². The average molecular weight is 254 g/mol. The van der Waals surface area contributed by atoms with Crippen molar-refractivity contribution in [1.82, 2.24) is 0 Å². The minimum Gasteiger partial charge on any atom is -0.454 e. The molecule has 0 aromatic heterocycles. The van der Waals surface area contributed by atoms with Crippen molar-refractivity contribution in [3.8, 4) is 11.5 Å². The number of ether oxygens (including phenoxy) is 2. The maximum Gasteiger partial charge on any atom is 0.231 e. The molecule has 0 spiro atoms. The molecule has 1 heterocycles. The fraction of sp³-hybridized carbons (Fsp3) is 0.538. The second kappa shape index (κ2) is 4.07. The van der Waals surface area contributed by atoms with Crippen molar-refractivity contribution >= 4 is 11.6 Å². The highest BCUT2D eigenvalue weighted by atomic mass is 35.5. The molecule has 2 N–H and O–H groups in total. The number of hydrogen-bond donors (Lipinski definition) is 1. The van der Waals surface area contributed by atoms with Crippen LogP contribution in [0.25, 0.3) is 0 Å². The topological polar surface area (TPSA) is 44.5 Å². The monoisotopic (exact) mass is 253 g/mol. The lowest BCUT2D eigenvalue weighted by Crippen LogP contribution is -2.32. The molecule has 0 bridgehead atoms. The van der Waals surface area contributed by atoms with Crippen molar-refractivity contribution in [3.63, 3.8) is 0 Å². The first-order valence-corrected chi connectivity index (χ1v) is 6.43. The van der Waals surface area contributed by atoms with E-state index in [2.05, 4.69) is 0 Å². The number of halogens is 1. The van der Waals surface area contributed by atoms with E-state index >= 15 is 0 Å². The maximum absolute atomic E-state index is 6.37. The van der Waals surface area contributed by atoms with Crippen LogP contribution >= 0.6 is 11.6 Å². The molecule has 1 aromatic carbocycles. The van der Waals surface area contributed by atoms with Gasteiger partial charge in [0.15, 0.2) is 11.5 Å². The van der Waals surface area contributed by atoms with Gasteiger partial charge in [0.1, 0.15) is 0 Å². The molecule has 3 rings (SSSR count). The number of hydrogen-bond acceptors (Lipinski definition) is 3. The fourth-order valence-corrected chi connectivity index (χ4v) is 3.40. The molecule has 0 unspecified atom stereocenters. The van der Waals surface area contributed by atoms with Crippen molar-refractivity contribution in [2.75, 3.05) is 13.3 Å². The Morgan fingerprint density at radius 1 is 1.24 bits per heavy atom. The third-order valence-corrected chi connectivity index (χ3v) is 4.29. The standard InChI is InChI=1S/C13H16ClNO2/c14-9-3-4-10-12(17-8-16-10)11(9)13(7-15)5-1-2-6-13/h3-4H,1-2,5-8,15H2. The predicted molar refractivity (Wildman–Crippen MR) is 66.8 cm³/mol. The molecule has 4 heteroatoms. The highest BCUT2D eigenvalue weighted by Crippen LogP contribution is 2.51. The molecule has 1 saturated carbocycles. The summed E-state index contributed by atoms with van der Waals surface area (Å²) in [5.41, 5.74) is 7.06. The summed E-state index contributed by atoms with van der Waals surface area (Å²) in [7, 11) is 0. The number of benzene rings is 1. The molecule has 3 nitrogen and oxygen atoms in total. The number of fused-ring (bicyclic) bond motifs is 1. The van der Waals surface area contributed by atoms with Gasteiger partial charge < -0.3 is 15.2 Å². The lowest BCUT2D eigenvalue weighted by molar-refractivity contribution is 0.172. The van der Waals surface area contributed by atoms with Crippen LogP contribution in [0.1, 0.15) is 31.2 Å². The number of rotatable bonds is 2. The van der Waals surface area contributed by atoms with Crippen LogP contribution in [0.5, 0.6) is 11.5 Å². The molecule has 1 aliphatic carbocycles. The summed E-state index contributed by atoms with van der Waals surface area (Å²) in [6.45, 7) is 0.899. The Hall–Kier alpha value is -0.930. The Bertz CT molecular complexity index is 441. The van der Waals surface area contributed by atoms with E-state index in [0.29, 0.717) is 6.54 Å². The van der Waals surface area contributed by atoms with Gasteiger partial charge in [-0.25, -0.2) is 0 Å². The first-order valence-electron chi connectivity index (χ1n) is 6.05. The van der Waals surface area contributed by atoms with Gasteiger partial charge in [-0.3, -0.25) is 0 Å². The number of nitrogens with two attached hydrogens (primary N) is 1. The summed E-state index contributed by atoms with van der Waals surface area (Å²) in [5.74, 6) is 1.61. The van der Waals surface area contributed by atoms with Crippen LogP contribution in [0.15, 0.2) is 12.1 Å². The Morgan fingerprint density at radius 2 is 2.00 bits per heavy atom. The maximum atomic E-state index is 6.37. The molecule has 17 heavy (non-hydrogen) atoms. The summed E-state index contributed by atoms with van der Waals surface area (Å²) < 4.78 is 11.0. The second-order valence-electron chi connectivity index (χ2n) is 4.85. The Kier molecular flexibility index (Phi) is 2.68. The van der Waals surface area contributed by atoms with Gasteiger partial charge in [0.2, 0.25) is 6.79 Å². The first-order chi connectivity index (χ1) is 8.27. The molecule has 0 atom stereocenters. The molecule has 0 saturated heterocycles. The van der Waals surface area contributed by atoms with Crippen LogP contribution in [0, 0.1) is 0 Å². The Labute approximate surface area is 106 Å². The van der Waals surface area contributed by atoms with Gasteiger partial charge in [-0.1, -0.05) is 24.4 Å². The van der Waals surface area contributed by atoms with E-state index in [1.54, 1.807) is 0 Å². The summed E-state index contributed by atoms with van der Waals surface area (Å²) in [5, 5.41) is 0.751. The van der Waals surface area contributed by atoms with E-state index < -0.39 is 0 Å². The normalized spacial score (nSPS) is 20.8. The summed E-state index contributed by atoms with van der Waals surface area (Å²) in [6, 6.07) is 3.76. The van der Waals surface area contributed by atoms with Gasteiger partial charge in [0, 0.05) is 22.5 Å². The highest BCUT2D eigenvalue weighted by molar-refractivity contribution is 6.31. The zero-order valence-corrected chi connectivity index (χ0v) is 10.4. The van der Waals surface area contributed by atoms with Crippen molar-refractivity contribution in [2.45, 2.75) is 31.1 Å². The van der Waals surface area contributed by atoms with Crippen LogP contribution in [-0.4, -0.2) is 13.3 Å². The van der Waals surface area contributed by atoms with E-state index in [9.17, 15) is 0 Å². The van der Waals surface area contributed by atoms with E-state index in [-0.39, 0.29) is 12.2 Å². The van der Waals surface area contributed by atoms with Crippen molar-refractivity contribution in [3.05, 3.63) is 22.7 Å². The van der Waals surface area contributed by atoms with Gasteiger partial charge in [0.05, 0.1) is 0 Å². The molecule has 1 aliphatic heterocycles. The van der Waals surface area contributed by atoms with Crippen LogP contribution < -0.4 is 15.2 Å². The molecule has 0 radical (unpaired) electrons. The summed E-state index contributed by atoms with van der Waals surface area (Å²) >= 11 is 6.37. The largest absolute Gasteiger partial charge is 0.454 e. The molecule has 1 aromatic rings. The van der Waals surface area contributed by atoms with Gasteiger partial charge in [-0.05, 0) is 25.0 Å². The predicted octanol–water partition coefficient (Wildman–Crippen LogP) is 2.84. The first kappa shape index (κ1) is 11.2. The third kappa shape index (κ3) is 1.60. The van der Waals surface area contributed by atoms with Crippen molar-refractivity contribution in [1.29, 1.82) is 0 Å². The van der Waals surface area contributed by atoms with E-state index in [1.807, 2.05) is 12.1 Å². The SMILES string of the molecule is NCC1(c2c(Cl)ccc3c2OCO3)CCCC1. The van der Waals surface area contributed by atoms with Crippen LogP contribution in [0.4, 0.5) is 0 Å². The molecule has 0 amide bonds. The average Bonchev–Trinajstić information content (AvgIpc) is 2.97. The van der Waals surface area contributed by atoms with Gasteiger partial charge in [-0.15, -0.1) is 0 Å².